The number of hydrogen-bond acceptors (Lipinski definition) is 2. The average Bonchev–Trinajstić information content (AvgIpc) is 2.61. The Labute approximate surface area is 128 Å². The highest BCUT2D eigenvalue weighted by Crippen LogP contribution is 2.49. The van der Waals surface area contributed by atoms with Gasteiger partial charge >= 0.3 is 6.18 Å². The number of rotatable bonds is 1. The summed E-state index contributed by atoms with van der Waals surface area (Å²) in [5.41, 5.74) is 0.177. The van der Waals surface area contributed by atoms with Crippen LogP contribution in [0.25, 0.3) is 0 Å². The van der Waals surface area contributed by atoms with Gasteiger partial charge in [-0.3, -0.25) is 4.79 Å². The maximum Gasteiger partial charge on any atom is 0.406 e. The molecule has 2 aliphatic heterocycles. The van der Waals surface area contributed by atoms with Gasteiger partial charge in [0.25, 0.3) is 0 Å². The third kappa shape index (κ3) is 2.46. The number of carbonyl (C=O) groups excluding carboxylic acids is 1. The highest BCUT2D eigenvalue weighted by atomic mass is 79.9. The van der Waals surface area contributed by atoms with Crippen molar-refractivity contribution in [2.75, 3.05) is 24.7 Å². The van der Waals surface area contributed by atoms with Crippen LogP contribution in [0.1, 0.15) is 18.4 Å². The molecule has 0 unspecified atom stereocenters. The minimum Gasteiger partial charge on any atom is -0.381 e. The smallest absolute Gasteiger partial charge is 0.381 e. The van der Waals surface area contributed by atoms with E-state index in [1.165, 1.54) is 0 Å². The molecule has 3 rings (SSSR count). The Kier molecular flexibility index (Phi) is 3.52. The van der Waals surface area contributed by atoms with Crippen LogP contribution in [0, 0.1) is 0 Å². The number of halogens is 4. The van der Waals surface area contributed by atoms with E-state index in [1.807, 2.05) is 0 Å². The van der Waals surface area contributed by atoms with Gasteiger partial charge in [-0.15, -0.1) is 0 Å². The van der Waals surface area contributed by atoms with E-state index in [4.69, 9.17) is 4.74 Å². The van der Waals surface area contributed by atoms with Crippen LogP contribution < -0.4 is 4.90 Å². The number of benzene rings is 1. The van der Waals surface area contributed by atoms with Crippen LogP contribution in [0.5, 0.6) is 0 Å². The van der Waals surface area contributed by atoms with E-state index >= 15 is 0 Å². The van der Waals surface area contributed by atoms with Gasteiger partial charge in [0.2, 0.25) is 5.91 Å². The largest absolute Gasteiger partial charge is 0.406 e. The minimum absolute atomic E-state index is 0.355. The van der Waals surface area contributed by atoms with E-state index in [0.717, 1.165) is 4.90 Å². The lowest BCUT2D eigenvalue weighted by Gasteiger charge is -2.32. The number of amides is 1. The molecular formula is C14H13BrF3NO2. The van der Waals surface area contributed by atoms with Crippen LogP contribution in [-0.2, 0) is 14.9 Å². The predicted molar refractivity (Wildman–Crippen MR) is 74.3 cm³/mol. The molecule has 114 valence electrons. The normalized spacial score (nSPS) is 21.0. The van der Waals surface area contributed by atoms with Gasteiger partial charge in [0.05, 0.1) is 5.41 Å². The maximum atomic E-state index is 12.8. The SMILES string of the molecule is O=C1N(CC(F)(F)F)c2cc(Br)ccc2C12CCOCC2. The van der Waals surface area contributed by atoms with Crippen molar-refractivity contribution in [2.45, 2.75) is 24.4 Å². The van der Waals surface area contributed by atoms with Gasteiger partial charge in [-0.1, -0.05) is 22.0 Å². The molecule has 1 saturated heterocycles. The summed E-state index contributed by atoms with van der Waals surface area (Å²) in [6.07, 6.45) is -3.57. The quantitative estimate of drug-likeness (QED) is 0.765. The number of ether oxygens (including phenoxy) is 1. The molecule has 1 aromatic carbocycles. The molecule has 0 aliphatic carbocycles. The lowest BCUT2D eigenvalue weighted by Crippen LogP contribution is -2.46. The van der Waals surface area contributed by atoms with Crippen LogP contribution in [-0.4, -0.2) is 31.8 Å². The number of carbonyl (C=O) groups is 1. The number of hydrogen-bond donors (Lipinski definition) is 0. The van der Waals surface area contributed by atoms with Crippen molar-refractivity contribution >= 4 is 27.5 Å². The Morgan fingerprint density at radius 1 is 1.29 bits per heavy atom. The Balaban J connectivity index is 2.09. The Morgan fingerprint density at radius 3 is 2.57 bits per heavy atom. The van der Waals surface area contributed by atoms with Crippen molar-refractivity contribution in [3.05, 3.63) is 28.2 Å². The Hall–Kier alpha value is -1.08. The third-order valence-electron chi connectivity index (χ3n) is 4.10. The van der Waals surface area contributed by atoms with Crippen molar-refractivity contribution in [1.29, 1.82) is 0 Å². The summed E-state index contributed by atoms with van der Waals surface area (Å²) in [7, 11) is 0. The third-order valence-corrected chi connectivity index (χ3v) is 4.60. The topological polar surface area (TPSA) is 29.5 Å². The van der Waals surface area contributed by atoms with Crippen LogP contribution in [0.2, 0.25) is 0 Å². The monoisotopic (exact) mass is 363 g/mol. The summed E-state index contributed by atoms with van der Waals surface area (Å²) in [5, 5.41) is 0. The summed E-state index contributed by atoms with van der Waals surface area (Å²) in [6, 6.07) is 5.10. The molecule has 0 radical (unpaired) electrons. The Bertz CT molecular complexity index is 582. The van der Waals surface area contributed by atoms with Gasteiger partial charge in [-0.05, 0) is 30.5 Å². The van der Waals surface area contributed by atoms with Gasteiger partial charge in [0.1, 0.15) is 6.54 Å². The second-order valence-corrected chi connectivity index (χ2v) is 6.28. The van der Waals surface area contributed by atoms with Crippen molar-refractivity contribution in [3.8, 4) is 0 Å². The summed E-state index contributed by atoms with van der Waals surface area (Å²) < 4.78 is 44.3. The molecular weight excluding hydrogens is 351 g/mol. The van der Waals surface area contributed by atoms with Gasteiger partial charge in [-0.2, -0.15) is 13.2 Å². The standard InChI is InChI=1S/C14H13BrF3NO2/c15-9-1-2-10-11(7-9)19(8-14(16,17)18)12(20)13(10)3-5-21-6-4-13/h1-2,7H,3-6,8H2. The van der Waals surface area contributed by atoms with Crippen molar-refractivity contribution in [3.63, 3.8) is 0 Å². The van der Waals surface area contributed by atoms with Crippen LogP contribution in [0.4, 0.5) is 18.9 Å². The molecule has 2 heterocycles. The lowest BCUT2D eigenvalue weighted by atomic mass is 9.75. The minimum atomic E-state index is -4.42. The molecule has 1 aromatic rings. The van der Waals surface area contributed by atoms with E-state index in [0.29, 0.717) is 41.8 Å². The molecule has 3 nitrogen and oxygen atoms in total. The van der Waals surface area contributed by atoms with E-state index in [9.17, 15) is 18.0 Å². The number of alkyl halides is 3. The van der Waals surface area contributed by atoms with Crippen LogP contribution >= 0.6 is 15.9 Å². The zero-order valence-electron chi connectivity index (χ0n) is 11.0. The van der Waals surface area contributed by atoms with E-state index in [2.05, 4.69) is 15.9 Å². The van der Waals surface area contributed by atoms with Crippen molar-refractivity contribution < 1.29 is 22.7 Å². The fourth-order valence-electron chi connectivity index (χ4n) is 3.16. The van der Waals surface area contributed by atoms with Crippen LogP contribution in [0.15, 0.2) is 22.7 Å². The fraction of sp³-hybridized carbons (Fsp3) is 0.500. The first-order chi connectivity index (χ1) is 9.83. The van der Waals surface area contributed by atoms with Gasteiger partial charge in [-0.25, -0.2) is 0 Å². The van der Waals surface area contributed by atoms with E-state index in [-0.39, 0.29) is 0 Å². The van der Waals surface area contributed by atoms with Crippen molar-refractivity contribution in [2.24, 2.45) is 0 Å². The molecule has 0 N–H and O–H groups in total. The van der Waals surface area contributed by atoms with Crippen molar-refractivity contribution in [1.82, 2.24) is 0 Å². The second-order valence-electron chi connectivity index (χ2n) is 5.36. The first-order valence-electron chi connectivity index (χ1n) is 6.60. The molecule has 7 heteroatoms. The second kappa shape index (κ2) is 4.98. The highest BCUT2D eigenvalue weighted by Gasteiger charge is 2.53. The average molecular weight is 364 g/mol. The fourth-order valence-corrected chi connectivity index (χ4v) is 3.50. The zero-order chi connectivity index (χ0) is 15.3. The summed E-state index contributed by atoms with van der Waals surface area (Å²) in [5.74, 6) is -0.462. The van der Waals surface area contributed by atoms with E-state index < -0.39 is 24.0 Å². The first kappa shape index (κ1) is 14.8. The van der Waals surface area contributed by atoms with Crippen LogP contribution in [0.3, 0.4) is 0 Å². The molecule has 1 fully saturated rings. The molecule has 2 aliphatic rings. The van der Waals surface area contributed by atoms with E-state index in [1.54, 1.807) is 18.2 Å². The molecule has 0 aromatic heterocycles. The van der Waals surface area contributed by atoms with Gasteiger partial charge in [0.15, 0.2) is 0 Å². The van der Waals surface area contributed by atoms with Gasteiger partial charge < -0.3 is 9.64 Å². The molecule has 0 saturated carbocycles. The Morgan fingerprint density at radius 2 is 1.95 bits per heavy atom. The summed E-state index contributed by atoms with van der Waals surface area (Å²) in [6.45, 7) is -0.472. The summed E-state index contributed by atoms with van der Waals surface area (Å²) >= 11 is 3.26. The number of anilines is 1. The first-order valence-corrected chi connectivity index (χ1v) is 7.39. The summed E-state index contributed by atoms with van der Waals surface area (Å²) in [4.78, 5) is 13.5. The number of fused-ring (bicyclic) bond motifs is 2. The molecule has 21 heavy (non-hydrogen) atoms. The molecule has 0 bridgehead atoms. The molecule has 0 atom stereocenters. The highest BCUT2D eigenvalue weighted by molar-refractivity contribution is 9.10. The maximum absolute atomic E-state index is 12.8. The number of nitrogens with zero attached hydrogens (tertiary/aromatic N) is 1. The molecule has 1 spiro atoms. The van der Waals surface area contributed by atoms with Gasteiger partial charge in [0, 0.05) is 23.4 Å². The zero-order valence-corrected chi connectivity index (χ0v) is 12.6. The lowest BCUT2D eigenvalue weighted by molar-refractivity contribution is -0.136. The molecule has 1 amide bonds. The predicted octanol–water partition coefficient (Wildman–Crippen LogP) is 3.41.